The molecular formula is C17H17BrO4S. The number of carbonyl (C=O) groups is 1. The smallest absolute Gasteiger partial charge is 0.339 e. The maximum atomic E-state index is 12.4. The highest BCUT2D eigenvalue weighted by atomic mass is 79.9. The maximum Gasteiger partial charge on any atom is 0.339 e. The van der Waals surface area contributed by atoms with Gasteiger partial charge in [-0.15, -0.1) is 0 Å². The molecule has 23 heavy (non-hydrogen) atoms. The third kappa shape index (κ3) is 4.91. The molecule has 2 aromatic carbocycles. The van der Waals surface area contributed by atoms with Crippen molar-refractivity contribution in [1.29, 1.82) is 0 Å². The molecule has 122 valence electrons. The van der Waals surface area contributed by atoms with Crippen molar-refractivity contribution < 1.29 is 17.4 Å². The van der Waals surface area contributed by atoms with Crippen LogP contribution in [-0.2, 0) is 21.3 Å². The van der Waals surface area contributed by atoms with Gasteiger partial charge >= 0.3 is 10.1 Å². The summed E-state index contributed by atoms with van der Waals surface area (Å²) in [7, 11) is -3.89. The lowest BCUT2D eigenvalue weighted by atomic mass is 10.1. The highest BCUT2D eigenvalue weighted by Gasteiger charge is 2.19. The van der Waals surface area contributed by atoms with E-state index in [1.165, 1.54) is 6.07 Å². The van der Waals surface area contributed by atoms with E-state index in [1.54, 1.807) is 50.2 Å². The Balaban J connectivity index is 2.17. The van der Waals surface area contributed by atoms with Gasteiger partial charge < -0.3 is 8.98 Å². The Morgan fingerprint density at radius 3 is 2.39 bits per heavy atom. The monoisotopic (exact) mass is 396 g/mol. The molecule has 0 unspecified atom stereocenters. The number of hydrogen-bond donors (Lipinski definition) is 0. The van der Waals surface area contributed by atoms with Crippen molar-refractivity contribution in [3.05, 3.63) is 58.1 Å². The molecular weight excluding hydrogens is 380 g/mol. The largest absolute Gasteiger partial charge is 0.379 e. The van der Waals surface area contributed by atoms with E-state index in [1.807, 2.05) is 0 Å². The molecule has 0 aliphatic carbocycles. The molecule has 6 heteroatoms. The van der Waals surface area contributed by atoms with Crippen molar-refractivity contribution in [2.24, 2.45) is 0 Å². The van der Waals surface area contributed by atoms with Gasteiger partial charge in [0.15, 0.2) is 0 Å². The molecule has 0 saturated heterocycles. The molecule has 0 amide bonds. The summed E-state index contributed by atoms with van der Waals surface area (Å²) in [6.45, 7) is 3.26. The zero-order valence-corrected chi connectivity index (χ0v) is 15.3. The Bertz CT molecular complexity index is 811. The molecule has 0 radical (unpaired) electrons. The van der Waals surface area contributed by atoms with Gasteiger partial charge in [-0.1, -0.05) is 34.1 Å². The zero-order chi connectivity index (χ0) is 17.0. The van der Waals surface area contributed by atoms with E-state index in [0.29, 0.717) is 22.9 Å². The molecule has 2 aromatic rings. The van der Waals surface area contributed by atoms with Gasteiger partial charge in [-0.05, 0) is 55.7 Å². The third-order valence-electron chi connectivity index (χ3n) is 3.31. The highest BCUT2D eigenvalue weighted by molar-refractivity contribution is 9.10. The van der Waals surface area contributed by atoms with Gasteiger partial charge in [0.2, 0.25) is 0 Å². The number of hydrogen-bond acceptors (Lipinski definition) is 4. The molecule has 0 atom stereocenters. The lowest BCUT2D eigenvalue weighted by Gasteiger charge is -2.10. The Labute approximate surface area is 144 Å². The Hall–Kier alpha value is -1.66. The minimum atomic E-state index is -3.89. The van der Waals surface area contributed by atoms with Crippen LogP contribution in [0.15, 0.2) is 51.8 Å². The van der Waals surface area contributed by atoms with Crippen LogP contribution in [0, 0.1) is 6.92 Å². The minimum absolute atomic E-state index is 0.123. The van der Waals surface area contributed by atoms with E-state index < -0.39 is 10.1 Å². The Morgan fingerprint density at radius 1 is 1.13 bits per heavy atom. The van der Waals surface area contributed by atoms with Crippen molar-refractivity contribution >= 4 is 31.8 Å². The molecule has 0 bridgehead atoms. The lowest BCUT2D eigenvalue weighted by Crippen LogP contribution is -2.11. The average molecular weight is 397 g/mol. The Morgan fingerprint density at radius 2 is 1.78 bits per heavy atom. The van der Waals surface area contributed by atoms with E-state index in [4.69, 9.17) is 4.18 Å². The van der Waals surface area contributed by atoms with E-state index in [2.05, 4.69) is 15.9 Å². The van der Waals surface area contributed by atoms with Gasteiger partial charge in [0.1, 0.15) is 16.4 Å². The Kier molecular flexibility index (Phi) is 5.59. The molecule has 0 spiro atoms. The van der Waals surface area contributed by atoms with Gasteiger partial charge in [0, 0.05) is 10.9 Å². The van der Waals surface area contributed by atoms with Crippen LogP contribution >= 0.6 is 15.9 Å². The lowest BCUT2D eigenvalue weighted by molar-refractivity contribution is -0.116. The van der Waals surface area contributed by atoms with Crippen LogP contribution < -0.4 is 4.18 Å². The van der Waals surface area contributed by atoms with E-state index >= 15 is 0 Å². The summed E-state index contributed by atoms with van der Waals surface area (Å²) in [6, 6.07) is 11.7. The first-order chi connectivity index (χ1) is 10.8. The fraction of sp³-hybridized carbons (Fsp3) is 0.235. The quantitative estimate of drug-likeness (QED) is 0.691. The number of benzene rings is 2. The second kappa shape index (κ2) is 7.27. The number of ketones is 1. The van der Waals surface area contributed by atoms with Gasteiger partial charge in [0.25, 0.3) is 0 Å². The van der Waals surface area contributed by atoms with Crippen LogP contribution in [0.3, 0.4) is 0 Å². The fourth-order valence-corrected chi connectivity index (χ4v) is 3.75. The average Bonchev–Trinajstić information content (AvgIpc) is 2.48. The SMILES string of the molecule is CC(=O)CCc1ccc(OS(=O)(=O)c2cc(Br)ccc2C)cc1. The van der Waals surface area contributed by atoms with E-state index in [9.17, 15) is 13.2 Å². The van der Waals surface area contributed by atoms with Crippen LogP contribution in [0.2, 0.25) is 0 Å². The first-order valence-corrected chi connectivity index (χ1v) is 9.27. The van der Waals surface area contributed by atoms with Crippen LogP contribution in [0.25, 0.3) is 0 Å². The molecule has 4 nitrogen and oxygen atoms in total. The van der Waals surface area contributed by atoms with Crippen molar-refractivity contribution in [1.82, 2.24) is 0 Å². The number of aryl methyl sites for hydroxylation is 2. The van der Waals surface area contributed by atoms with Crippen molar-refractivity contribution in [3.63, 3.8) is 0 Å². The van der Waals surface area contributed by atoms with E-state index in [0.717, 1.165) is 5.56 Å². The van der Waals surface area contributed by atoms with Gasteiger partial charge in [-0.25, -0.2) is 0 Å². The predicted octanol–water partition coefficient (Wildman–Crippen LogP) is 4.05. The molecule has 0 aliphatic rings. The first-order valence-electron chi connectivity index (χ1n) is 7.07. The maximum absolute atomic E-state index is 12.4. The summed E-state index contributed by atoms with van der Waals surface area (Å²) in [4.78, 5) is 11.1. The standard InChI is InChI=1S/C17H17BrO4S/c1-12-3-8-15(18)11-17(12)23(20,21)22-16-9-6-14(7-10-16)5-4-13(2)19/h3,6-11H,4-5H2,1-2H3. The molecule has 0 fully saturated rings. The summed E-state index contributed by atoms with van der Waals surface area (Å²) < 4.78 is 30.6. The number of halogens is 1. The first kappa shape index (κ1) is 17.7. The van der Waals surface area contributed by atoms with E-state index in [-0.39, 0.29) is 16.4 Å². The molecule has 0 N–H and O–H groups in total. The van der Waals surface area contributed by atoms with Crippen molar-refractivity contribution in [2.75, 3.05) is 0 Å². The summed E-state index contributed by atoms with van der Waals surface area (Å²) in [6.07, 6.45) is 1.10. The number of carbonyl (C=O) groups excluding carboxylic acids is 1. The van der Waals surface area contributed by atoms with Crippen LogP contribution in [-0.4, -0.2) is 14.2 Å². The van der Waals surface area contributed by atoms with Gasteiger partial charge in [-0.3, -0.25) is 0 Å². The second-order valence-electron chi connectivity index (χ2n) is 5.29. The molecule has 0 saturated carbocycles. The second-order valence-corrected chi connectivity index (χ2v) is 7.72. The van der Waals surface area contributed by atoms with Gasteiger partial charge in [0.05, 0.1) is 0 Å². The number of rotatable bonds is 6. The van der Waals surface area contributed by atoms with Crippen molar-refractivity contribution in [2.45, 2.75) is 31.6 Å². The third-order valence-corrected chi connectivity index (χ3v) is 5.20. The molecule has 0 aliphatic heterocycles. The van der Waals surface area contributed by atoms with Crippen LogP contribution in [0.5, 0.6) is 5.75 Å². The number of Topliss-reactive ketones (excluding diaryl/α,β-unsaturated/α-hetero) is 1. The predicted molar refractivity (Wildman–Crippen MR) is 92.1 cm³/mol. The zero-order valence-electron chi connectivity index (χ0n) is 12.9. The van der Waals surface area contributed by atoms with Gasteiger partial charge in [-0.2, -0.15) is 8.42 Å². The molecule has 0 heterocycles. The minimum Gasteiger partial charge on any atom is -0.379 e. The summed E-state index contributed by atoms with van der Waals surface area (Å²) in [5.74, 6) is 0.369. The van der Waals surface area contributed by atoms with Crippen LogP contribution in [0.4, 0.5) is 0 Å². The van der Waals surface area contributed by atoms with Crippen molar-refractivity contribution in [3.8, 4) is 5.75 Å². The summed E-state index contributed by atoms with van der Waals surface area (Å²) >= 11 is 3.27. The normalized spacial score (nSPS) is 11.3. The topological polar surface area (TPSA) is 60.4 Å². The highest BCUT2D eigenvalue weighted by Crippen LogP contribution is 2.24. The van der Waals surface area contributed by atoms with Crippen LogP contribution in [0.1, 0.15) is 24.5 Å². The summed E-state index contributed by atoms with van der Waals surface area (Å²) in [5, 5.41) is 0. The molecule has 2 rings (SSSR count). The fourth-order valence-electron chi connectivity index (χ4n) is 2.05. The summed E-state index contributed by atoms with van der Waals surface area (Å²) in [5.41, 5.74) is 1.58. The molecule has 0 aromatic heterocycles.